The first-order valence-electron chi connectivity index (χ1n) is 24.5. The Morgan fingerprint density at radius 3 is 1.36 bits per heavy atom. The van der Waals surface area contributed by atoms with Gasteiger partial charge >= 0.3 is 0 Å². The van der Waals surface area contributed by atoms with Crippen LogP contribution in [0.3, 0.4) is 0 Å². The van der Waals surface area contributed by atoms with E-state index in [-0.39, 0.29) is 11.3 Å². The molecular weight excluding hydrogens is 847 g/mol. The van der Waals surface area contributed by atoms with Crippen molar-refractivity contribution in [2.45, 2.75) is 32.1 Å². The Bertz CT molecular complexity index is 3850. The van der Waals surface area contributed by atoms with Gasteiger partial charge in [0.15, 0.2) is 0 Å². The van der Waals surface area contributed by atoms with E-state index in [4.69, 9.17) is 0 Å². The molecule has 1 aliphatic rings. The van der Waals surface area contributed by atoms with Crippen molar-refractivity contribution in [1.29, 1.82) is 0 Å². The Morgan fingerprint density at radius 1 is 0.343 bits per heavy atom. The first kappa shape index (κ1) is 41.5. The summed E-state index contributed by atoms with van der Waals surface area (Å²) in [6, 6.07) is 91.9. The molecule has 0 atom stereocenters. The van der Waals surface area contributed by atoms with Crippen LogP contribution in [0.1, 0.15) is 48.9 Å². The van der Waals surface area contributed by atoms with Crippen LogP contribution in [0.25, 0.3) is 60.2 Å². The Balaban J connectivity index is 1.08. The lowest BCUT2D eigenvalue weighted by Gasteiger charge is -2.34. The molecular formula is C67H51N3. The third-order valence-corrected chi connectivity index (χ3v) is 14.5. The maximum absolute atomic E-state index is 2.52. The predicted octanol–water partition coefficient (Wildman–Crippen LogP) is 18.5. The second-order valence-electron chi connectivity index (χ2n) is 19.7. The average molecular weight is 898 g/mol. The van der Waals surface area contributed by atoms with Crippen LogP contribution in [-0.4, -0.2) is 4.57 Å². The minimum absolute atomic E-state index is 0.103. The van der Waals surface area contributed by atoms with Gasteiger partial charge in [0.05, 0.1) is 22.4 Å². The Morgan fingerprint density at radius 2 is 0.786 bits per heavy atom. The van der Waals surface area contributed by atoms with Crippen LogP contribution in [0.4, 0.5) is 34.1 Å². The number of anilines is 6. The van der Waals surface area contributed by atoms with Gasteiger partial charge in [-0.25, -0.2) is 0 Å². The number of hydrogen-bond donors (Lipinski definition) is 0. The van der Waals surface area contributed by atoms with E-state index >= 15 is 0 Å². The highest BCUT2D eigenvalue weighted by molar-refractivity contribution is 6.23. The lowest BCUT2D eigenvalue weighted by atomic mass is 9.84. The van der Waals surface area contributed by atoms with Crippen LogP contribution >= 0.6 is 0 Å². The van der Waals surface area contributed by atoms with Gasteiger partial charge in [0, 0.05) is 66.7 Å². The minimum Gasteiger partial charge on any atom is -0.309 e. The van der Waals surface area contributed by atoms with Crippen LogP contribution in [0.2, 0.25) is 0 Å². The molecule has 3 heteroatoms. The van der Waals surface area contributed by atoms with Crippen molar-refractivity contribution < 1.29 is 0 Å². The van der Waals surface area contributed by atoms with E-state index < -0.39 is 0 Å². The summed E-state index contributed by atoms with van der Waals surface area (Å²) in [4.78, 5) is 5.01. The van der Waals surface area contributed by atoms with Crippen LogP contribution in [0.15, 0.2) is 249 Å². The van der Waals surface area contributed by atoms with Gasteiger partial charge < -0.3 is 14.4 Å². The summed E-state index contributed by atoms with van der Waals surface area (Å²) in [6.45, 7) is 6.96. The van der Waals surface area contributed by atoms with Crippen molar-refractivity contribution in [3.8, 4) is 16.8 Å². The van der Waals surface area contributed by atoms with E-state index in [0.717, 1.165) is 45.2 Å². The Labute approximate surface area is 409 Å². The largest absolute Gasteiger partial charge is 0.309 e. The van der Waals surface area contributed by atoms with E-state index in [1.807, 2.05) is 0 Å². The third kappa shape index (κ3) is 6.72. The zero-order valence-electron chi connectivity index (χ0n) is 39.6. The van der Waals surface area contributed by atoms with Crippen molar-refractivity contribution in [3.05, 3.63) is 271 Å². The summed E-state index contributed by atoms with van der Waals surface area (Å²) < 4.78 is 2.42. The molecule has 1 aromatic heterocycles. The van der Waals surface area contributed by atoms with Gasteiger partial charge in [-0.05, 0) is 112 Å². The van der Waals surface area contributed by atoms with E-state index in [1.165, 1.54) is 71.3 Å². The van der Waals surface area contributed by atoms with E-state index in [1.54, 1.807) is 0 Å². The Kier molecular flexibility index (Phi) is 9.81. The van der Waals surface area contributed by atoms with E-state index in [9.17, 15) is 0 Å². The molecule has 0 spiro atoms. The predicted molar refractivity (Wildman–Crippen MR) is 297 cm³/mol. The summed E-state index contributed by atoms with van der Waals surface area (Å²) in [6.07, 6.45) is 0. The summed E-state index contributed by atoms with van der Waals surface area (Å²) in [5, 5.41) is 7.18. The molecule has 3 nitrogen and oxygen atoms in total. The molecule has 334 valence electrons. The fourth-order valence-corrected chi connectivity index (χ4v) is 11.4. The van der Waals surface area contributed by atoms with Gasteiger partial charge in [0.1, 0.15) is 0 Å². The van der Waals surface area contributed by atoms with E-state index in [0.29, 0.717) is 0 Å². The molecule has 11 aromatic carbocycles. The fraction of sp³-hybridized carbons (Fsp3) is 0.0746. The van der Waals surface area contributed by atoms with Crippen LogP contribution < -0.4 is 9.80 Å². The third-order valence-electron chi connectivity index (χ3n) is 14.5. The smallest absolute Gasteiger partial charge is 0.0620 e. The molecule has 13 rings (SSSR count). The SMILES string of the molecule is CC(C)(C)c1ccc2c(N(c3ccccc3)c3cccc(-n4c5ccccc5c5ccccc54)c3)c3ccccc3c(N(c3ccccc3)c3cccc(C4c5ccccc5-c5ccccc54)c3)c2c1. The molecule has 70 heavy (non-hydrogen) atoms. The zero-order chi connectivity index (χ0) is 46.9. The van der Waals surface area contributed by atoms with Gasteiger partial charge in [-0.2, -0.15) is 0 Å². The second-order valence-corrected chi connectivity index (χ2v) is 19.7. The molecule has 1 aliphatic carbocycles. The number of para-hydroxylation sites is 4. The molecule has 0 saturated carbocycles. The molecule has 0 amide bonds. The number of hydrogen-bond acceptors (Lipinski definition) is 2. The van der Waals surface area contributed by atoms with Crippen molar-refractivity contribution in [2.24, 2.45) is 0 Å². The first-order valence-corrected chi connectivity index (χ1v) is 24.5. The van der Waals surface area contributed by atoms with Gasteiger partial charge in [-0.3, -0.25) is 0 Å². The summed E-state index contributed by atoms with van der Waals surface area (Å²) in [5.74, 6) is 0.117. The highest BCUT2D eigenvalue weighted by Gasteiger charge is 2.31. The standard InChI is InChI=1S/C67H51N3/c1-67(2,3)46-40-41-60-61(43-46)66(68(47-23-6-4-7-24-47)49-27-20-22-45(42-49)64-56-34-12-10-30-52(56)53-31-11-13-35-57(53)64)59-37-15-14-36-58(59)65(60)69(48-25-8-5-9-26-48)50-28-21-29-51(44-50)70-62-38-18-16-32-54(62)55-33-17-19-39-63(55)70/h4-44,64H,1-3H3. The average Bonchev–Trinajstić information content (AvgIpc) is 3.93. The first-order chi connectivity index (χ1) is 34.4. The molecule has 0 N–H and O–H groups in total. The normalized spacial score (nSPS) is 12.4. The van der Waals surface area contributed by atoms with Crippen LogP contribution in [0.5, 0.6) is 0 Å². The quantitative estimate of drug-likeness (QED) is 0.111. The molecule has 12 aromatic rings. The van der Waals surface area contributed by atoms with Gasteiger partial charge in [0.25, 0.3) is 0 Å². The van der Waals surface area contributed by atoms with Crippen LogP contribution in [0, 0.1) is 0 Å². The topological polar surface area (TPSA) is 11.4 Å². The van der Waals surface area contributed by atoms with Crippen molar-refractivity contribution in [3.63, 3.8) is 0 Å². The summed E-state index contributed by atoms with van der Waals surface area (Å²) >= 11 is 0. The highest BCUT2D eigenvalue weighted by Crippen LogP contribution is 2.53. The fourth-order valence-electron chi connectivity index (χ4n) is 11.4. The summed E-state index contributed by atoms with van der Waals surface area (Å²) in [7, 11) is 0. The number of aromatic nitrogens is 1. The van der Waals surface area contributed by atoms with E-state index in [2.05, 4.69) is 284 Å². The monoisotopic (exact) mass is 897 g/mol. The molecule has 0 fully saturated rings. The van der Waals surface area contributed by atoms with Gasteiger partial charge in [-0.1, -0.05) is 197 Å². The summed E-state index contributed by atoms with van der Waals surface area (Å²) in [5.41, 5.74) is 18.0. The molecule has 0 aliphatic heterocycles. The molecule has 0 radical (unpaired) electrons. The zero-order valence-corrected chi connectivity index (χ0v) is 39.6. The molecule has 1 heterocycles. The maximum Gasteiger partial charge on any atom is 0.0620 e. The van der Waals surface area contributed by atoms with Crippen molar-refractivity contribution >= 4 is 77.5 Å². The maximum atomic E-state index is 2.52. The lowest BCUT2D eigenvalue weighted by molar-refractivity contribution is 0.591. The Hall–Kier alpha value is -8.66. The molecule has 0 unspecified atom stereocenters. The number of benzene rings is 11. The highest BCUT2D eigenvalue weighted by atomic mass is 15.2. The van der Waals surface area contributed by atoms with Gasteiger partial charge in [-0.15, -0.1) is 0 Å². The molecule has 0 bridgehead atoms. The van der Waals surface area contributed by atoms with Crippen molar-refractivity contribution in [2.75, 3.05) is 9.80 Å². The second kappa shape index (κ2) is 16.5. The van der Waals surface area contributed by atoms with Gasteiger partial charge in [0.2, 0.25) is 0 Å². The lowest BCUT2D eigenvalue weighted by Crippen LogP contribution is -2.16. The van der Waals surface area contributed by atoms with Crippen molar-refractivity contribution in [1.82, 2.24) is 4.57 Å². The van der Waals surface area contributed by atoms with Crippen LogP contribution in [-0.2, 0) is 5.41 Å². The number of fused-ring (bicyclic) bond motifs is 8. The number of nitrogens with zero attached hydrogens (tertiary/aromatic N) is 3. The minimum atomic E-state index is -0.103. The number of rotatable bonds is 8. The molecule has 0 saturated heterocycles.